The van der Waals surface area contributed by atoms with Crippen molar-refractivity contribution in [3.05, 3.63) is 29.8 Å². The zero-order chi connectivity index (χ0) is 20.3. The van der Waals surface area contributed by atoms with Crippen LogP contribution in [-0.2, 0) is 10.9 Å². The second-order valence-electron chi connectivity index (χ2n) is 6.49. The number of carbonyl (C=O) groups is 1. The van der Waals surface area contributed by atoms with Gasteiger partial charge in [0.05, 0.1) is 5.56 Å². The van der Waals surface area contributed by atoms with Gasteiger partial charge < -0.3 is 14.8 Å². The number of alkyl halides is 3. The van der Waals surface area contributed by atoms with E-state index in [1.807, 2.05) is 6.92 Å². The number of amides is 1. The quantitative estimate of drug-likeness (QED) is 0.501. The minimum atomic E-state index is -4.42. The molecule has 0 radical (unpaired) electrons. The summed E-state index contributed by atoms with van der Waals surface area (Å²) >= 11 is 1.77. The predicted molar refractivity (Wildman–Crippen MR) is 102 cm³/mol. The smallest absolute Gasteiger partial charge is 0.416 e. The summed E-state index contributed by atoms with van der Waals surface area (Å²) < 4.78 is 48.7. The Balaban J connectivity index is 2.32. The Kier molecular flexibility index (Phi) is 10.4. The van der Waals surface area contributed by atoms with Crippen molar-refractivity contribution in [3.8, 4) is 5.75 Å². The second kappa shape index (κ2) is 12.0. The molecule has 0 saturated heterocycles. The molecule has 27 heavy (non-hydrogen) atoms. The maximum Gasteiger partial charge on any atom is 0.416 e. The standard InChI is InChI=1S/C19H28F3NO3S/c1-4-16(26-18(24)23-9-11-27-10-8-14(2)3)13-25-17-7-5-6-15(12-17)19(20,21)22/h5-7,12,14,16H,4,8-11,13H2,1-3H3,(H,23,24). The summed E-state index contributed by atoms with van der Waals surface area (Å²) in [6.45, 7) is 6.65. The van der Waals surface area contributed by atoms with Crippen molar-refractivity contribution in [1.29, 1.82) is 0 Å². The fourth-order valence-corrected chi connectivity index (χ4v) is 3.11. The van der Waals surface area contributed by atoms with Gasteiger partial charge in [0.1, 0.15) is 18.5 Å². The van der Waals surface area contributed by atoms with E-state index >= 15 is 0 Å². The van der Waals surface area contributed by atoms with Gasteiger partial charge in [-0.3, -0.25) is 0 Å². The van der Waals surface area contributed by atoms with Gasteiger partial charge in [-0.25, -0.2) is 4.79 Å². The van der Waals surface area contributed by atoms with Crippen LogP contribution in [0.25, 0.3) is 0 Å². The molecule has 0 aliphatic rings. The lowest BCUT2D eigenvalue weighted by molar-refractivity contribution is -0.137. The maximum atomic E-state index is 12.7. The summed E-state index contributed by atoms with van der Waals surface area (Å²) in [5.41, 5.74) is -0.776. The first-order valence-corrected chi connectivity index (χ1v) is 10.2. The monoisotopic (exact) mass is 407 g/mol. The van der Waals surface area contributed by atoms with Gasteiger partial charge in [0.2, 0.25) is 0 Å². The first kappa shape index (κ1) is 23.5. The highest BCUT2D eigenvalue weighted by atomic mass is 32.2. The van der Waals surface area contributed by atoms with Gasteiger partial charge in [-0.15, -0.1) is 0 Å². The fourth-order valence-electron chi connectivity index (χ4n) is 2.03. The van der Waals surface area contributed by atoms with Crippen LogP contribution in [0.2, 0.25) is 0 Å². The van der Waals surface area contributed by atoms with Crippen LogP contribution in [0.15, 0.2) is 24.3 Å². The zero-order valence-corrected chi connectivity index (χ0v) is 16.8. The molecular formula is C19H28F3NO3S. The molecule has 154 valence electrons. The van der Waals surface area contributed by atoms with E-state index in [-0.39, 0.29) is 12.4 Å². The molecule has 1 aromatic rings. The molecule has 0 saturated carbocycles. The van der Waals surface area contributed by atoms with Crippen molar-refractivity contribution < 1.29 is 27.4 Å². The van der Waals surface area contributed by atoms with Gasteiger partial charge in [-0.1, -0.05) is 26.8 Å². The Bertz CT molecular complexity index is 567. The molecular weight excluding hydrogens is 379 g/mol. The van der Waals surface area contributed by atoms with E-state index in [2.05, 4.69) is 19.2 Å². The molecule has 0 fully saturated rings. The van der Waals surface area contributed by atoms with Crippen LogP contribution < -0.4 is 10.1 Å². The lowest BCUT2D eigenvalue weighted by atomic mass is 10.2. The van der Waals surface area contributed by atoms with Crippen LogP contribution in [0, 0.1) is 5.92 Å². The molecule has 0 bridgehead atoms. The Hall–Kier alpha value is -1.57. The highest BCUT2D eigenvalue weighted by Gasteiger charge is 2.30. The molecule has 1 N–H and O–H groups in total. The van der Waals surface area contributed by atoms with Crippen molar-refractivity contribution in [2.24, 2.45) is 5.92 Å². The van der Waals surface area contributed by atoms with Gasteiger partial charge >= 0.3 is 12.3 Å². The average molecular weight is 407 g/mol. The van der Waals surface area contributed by atoms with Crippen LogP contribution >= 0.6 is 11.8 Å². The Labute approximate surface area is 163 Å². The molecule has 0 spiro atoms. The third-order valence-corrected chi connectivity index (χ3v) is 4.70. The normalized spacial score (nSPS) is 12.7. The average Bonchev–Trinajstić information content (AvgIpc) is 2.60. The van der Waals surface area contributed by atoms with E-state index in [1.165, 1.54) is 12.1 Å². The van der Waals surface area contributed by atoms with Crippen LogP contribution in [-0.4, -0.2) is 36.9 Å². The summed E-state index contributed by atoms with van der Waals surface area (Å²) in [5.74, 6) is 2.61. The van der Waals surface area contributed by atoms with Crippen molar-refractivity contribution in [1.82, 2.24) is 5.32 Å². The SMILES string of the molecule is CCC(COc1cccc(C(F)(F)F)c1)OC(=O)NCCSCCC(C)C. The molecule has 1 amide bonds. The molecule has 1 atom stereocenters. The summed E-state index contributed by atoms with van der Waals surface area (Å²) in [6.07, 6.45) is -3.87. The van der Waals surface area contributed by atoms with Gasteiger partial charge in [-0.2, -0.15) is 24.9 Å². The van der Waals surface area contributed by atoms with Gasteiger partial charge in [0.15, 0.2) is 0 Å². The highest BCUT2D eigenvalue weighted by molar-refractivity contribution is 7.99. The minimum Gasteiger partial charge on any atom is -0.490 e. The lowest BCUT2D eigenvalue weighted by Gasteiger charge is -2.18. The number of hydrogen-bond acceptors (Lipinski definition) is 4. The molecule has 0 aliphatic carbocycles. The Morgan fingerprint density at radius 2 is 2.00 bits per heavy atom. The van der Waals surface area contributed by atoms with E-state index in [9.17, 15) is 18.0 Å². The zero-order valence-electron chi connectivity index (χ0n) is 16.0. The van der Waals surface area contributed by atoms with Crippen LogP contribution in [0.5, 0.6) is 5.75 Å². The van der Waals surface area contributed by atoms with E-state index < -0.39 is 23.9 Å². The number of ether oxygens (including phenoxy) is 2. The highest BCUT2D eigenvalue weighted by Crippen LogP contribution is 2.31. The molecule has 4 nitrogen and oxygen atoms in total. The number of nitrogens with one attached hydrogen (secondary N) is 1. The van der Waals surface area contributed by atoms with Gasteiger partial charge in [-0.05, 0) is 42.7 Å². The van der Waals surface area contributed by atoms with E-state index in [4.69, 9.17) is 9.47 Å². The molecule has 0 heterocycles. The largest absolute Gasteiger partial charge is 0.490 e. The maximum absolute atomic E-state index is 12.7. The van der Waals surface area contributed by atoms with Gasteiger partial charge in [0.25, 0.3) is 0 Å². The summed E-state index contributed by atoms with van der Waals surface area (Å²) in [6, 6.07) is 4.63. The van der Waals surface area contributed by atoms with Crippen LogP contribution in [0.3, 0.4) is 0 Å². The van der Waals surface area contributed by atoms with Crippen molar-refractivity contribution in [2.45, 2.75) is 45.9 Å². The molecule has 1 unspecified atom stereocenters. The van der Waals surface area contributed by atoms with Crippen molar-refractivity contribution >= 4 is 17.9 Å². The number of benzene rings is 1. The van der Waals surface area contributed by atoms with E-state index in [0.29, 0.717) is 18.9 Å². The van der Waals surface area contributed by atoms with Crippen LogP contribution in [0.4, 0.5) is 18.0 Å². The summed E-state index contributed by atoms with van der Waals surface area (Å²) in [5, 5.41) is 2.68. The topological polar surface area (TPSA) is 47.6 Å². The van der Waals surface area contributed by atoms with Crippen LogP contribution in [0.1, 0.15) is 39.2 Å². The fraction of sp³-hybridized carbons (Fsp3) is 0.632. The van der Waals surface area contributed by atoms with E-state index in [0.717, 1.165) is 30.1 Å². The Morgan fingerprint density at radius 1 is 1.26 bits per heavy atom. The number of hydrogen-bond donors (Lipinski definition) is 1. The van der Waals surface area contributed by atoms with Gasteiger partial charge in [0, 0.05) is 12.3 Å². The summed E-state index contributed by atoms with van der Waals surface area (Å²) in [4.78, 5) is 11.8. The number of carbonyl (C=O) groups excluding carboxylic acids is 1. The molecule has 0 aromatic heterocycles. The third kappa shape index (κ3) is 10.4. The lowest BCUT2D eigenvalue weighted by Crippen LogP contribution is -2.33. The number of thioether (sulfide) groups is 1. The molecule has 1 aromatic carbocycles. The molecule has 1 rings (SSSR count). The third-order valence-electron chi connectivity index (χ3n) is 3.68. The first-order chi connectivity index (χ1) is 12.7. The number of alkyl carbamates (subject to hydrolysis) is 1. The van der Waals surface area contributed by atoms with Crippen molar-refractivity contribution in [2.75, 3.05) is 24.7 Å². The van der Waals surface area contributed by atoms with E-state index in [1.54, 1.807) is 11.8 Å². The first-order valence-electron chi connectivity index (χ1n) is 9.04. The second-order valence-corrected chi connectivity index (χ2v) is 7.72. The minimum absolute atomic E-state index is 0.00559. The number of halogens is 3. The molecule has 8 heteroatoms. The predicted octanol–water partition coefficient (Wildman–Crippen LogP) is 5.37. The Morgan fingerprint density at radius 3 is 2.63 bits per heavy atom. The molecule has 0 aliphatic heterocycles. The number of rotatable bonds is 11. The summed E-state index contributed by atoms with van der Waals surface area (Å²) in [7, 11) is 0. The van der Waals surface area contributed by atoms with Crippen molar-refractivity contribution in [3.63, 3.8) is 0 Å².